The Morgan fingerprint density at radius 2 is 2.38 bits per heavy atom. The number of aromatic nitrogens is 1. The molecule has 2 heterocycles. The normalized spacial score (nSPS) is 23.6. The van der Waals surface area contributed by atoms with Crippen LogP contribution in [0.1, 0.15) is 5.56 Å². The highest BCUT2D eigenvalue weighted by Crippen LogP contribution is 2.34. The molecule has 0 aromatic carbocycles. The molecule has 0 radical (unpaired) electrons. The third kappa shape index (κ3) is 1.88. The molecular formula is C11H10ClFN2O. The van der Waals surface area contributed by atoms with Crippen LogP contribution in [0.4, 0.5) is 4.39 Å². The number of ether oxygens (including phenoxy) is 1. The van der Waals surface area contributed by atoms with E-state index >= 15 is 0 Å². The van der Waals surface area contributed by atoms with Crippen molar-refractivity contribution in [2.24, 2.45) is 0 Å². The van der Waals surface area contributed by atoms with Gasteiger partial charge in [0, 0.05) is 12.4 Å². The Bertz CT molecular complexity index is 461. The molecule has 1 aliphatic rings. The minimum absolute atomic E-state index is 0.232. The van der Waals surface area contributed by atoms with Gasteiger partial charge in [0.1, 0.15) is 10.9 Å². The summed E-state index contributed by atoms with van der Waals surface area (Å²) < 4.78 is 19.6. The molecule has 1 unspecified atom stereocenters. The van der Waals surface area contributed by atoms with E-state index in [-0.39, 0.29) is 5.16 Å². The smallest absolute Gasteiger partial charge is 0.231 e. The number of nitrogens with zero attached hydrogens (tertiary/aromatic N) is 1. The summed E-state index contributed by atoms with van der Waals surface area (Å²) in [7, 11) is 1.48. The Balaban J connectivity index is 2.44. The summed E-state index contributed by atoms with van der Waals surface area (Å²) in [5, 5.41) is 2.77. The summed E-state index contributed by atoms with van der Waals surface area (Å²) in [6, 6.07) is 1.60. The van der Waals surface area contributed by atoms with E-state index in [2.05, 4.69) is 10.3 Å². The van der Waals surface area contributed by atoms with Gasteiger partial charge in [0.05, 0.1) is 12.7 Å². The summed E-state index contributed by atoms with van der Waals surface area (Å²) in [6.45, 7) is 0. The number of methoxy groups -OCH3 is 1. The van der Waals surface area contributed by atoms with Crippen LogP contribution in [0.25, 0.3) is 0 Å². The van der Waals surface area contributed by atoms with E-state index in [1.54, 1.807) is 18.2 Å². The molecule has 1 N–H and O–H groups in total. The van der Waals surface area contributed by atoms with Crippen molar-refractivity contribution in [3.8, 4) is 5.75 Å². The highest BCUT2D eigenvalue weighted by atomic mass is 35.5. The van der Waals surface area contributed by atoms with E-state index in [0.29, 0.717) is 11.3 Å². The molecule has 5 heteroatoms. The second-order valence-corrected chi connectivity index (χ2v) is 3.69. The Morgan fingerprint density at radius 1 is 1.56 bits per heavy atom. The number of nitrogens with one attached hydrogen (secondary N) is 1. The SMILES string of the molecule is COc1ccncc1C1(F)C=CC=C(Cl)N1. The molecule has 1 aromatic rings. The lowest BCUT2D eigenvalue weighted by molar-refractivity contribution is 0.190. The topological polar surface area (TPSA) is 34.1 Å². The number of rotatable bonds is 2. The fourth-order valence-corrected chi connectivity index (χ4v) is 1.72. The van der Waals surface area contributed by atoms with Crippen LogP contribution < -0.4 is 10.1 Å². The van der Waals surface area contributed by atoms with Gasteiger partial charge in [-0.2, -0.15) is 0 Å². The highest BCUT2D eigenvalue weighted by molar-refractivity contribution is 6.29. The molecule has 3 nitrogen and oxygen atoms in total. The predicted molar refractivity (Wildman–Crippen MR) is 59.8 cm³/mol. The van der Waals surface area contributed by atoms with E-state index in [4.69, 9.17) is 16.3 Å². The molecule has 1 atom stereocenters. The van der Waals surface area contributed by atoms with Crippen LogP contribution in [-0.4, -0.2) is 12.1 Å². The average molecular weight is 241 g/mol. The summed E-state index contributed by atoms with van der Waals surface area (Å²) in [6.07, 6.45) is 7.42. The van der Waals surface area contributed by atoms with Crippen molar-refractivity contribution in [1.82, 2.24) is 10.3 Å². The number of pyridine rings is 1. The van der Waals surface area contributed by atoms with E-state index in [1.165, 1.54) is 25.6 Å². The molecule has 84 valence electrons. The van der Waals surface area contributed by atoms with Crippen molar-refractivity contribution in [3.63, 3.8) is 0 Å². The Labute approximate surface area is 97.6 Å². The minimum atomic E-state index is -1.88. The predicted octanol–water partition coefficient (Wildman–Crippen LogP) is 2.45. The van der Waals surface area contributed by atoms with Crippen molar-refractivity contribution in [2.45, 2.75) is 5.79 Å². The van der Waals surface area contributed by atoms with Crippen LogP contribution in [0.2, 0.25) is 0 Å². The molecule has 0 fully saturated rings. The van der Waals surface area contributed by atoms with Crippen molar-refractivity contribution in [2.75, 3.05) is 7.11 Å². The van der Waals surface area contributed by atoms with E-state index < -0.39 is 5.79 Å². The summed E-state index contributed by atoms with van der Waals surface area (Å²) in [5.74, 6) is -1.47. The maximum atomic E-state index is 14.6. The van der Waals surface area contributed by atoms with Crippen LogP contribution in [-0.2, 0) is 5.79 Å². The lowest BCUT2D eigenvalue weighted by atomic mass is 10.0. The quantitative estimate of drug-likeness (QED) is 0.807. The summed E-state index contributed by atoms with van der Waals surface area (Å²) >= 11 is 5.74. The zero-order chi connectivity index (χ0) is 11.6. The van der Waals surface area contributed by atoms with Gasteiger partial charge in [-0.25, -0.2) is 4.39 Å². The summed E-state index contributed by atoms with van der Waals surface area (Å²) in [5.41, 5.74) is 0.292. The third-order valence-corrected chi connectivity index (χ3v) is 2.48. The lowest BCUT2D eigenvalue weighted by Crippen LogP contribution is -2.36. The van der Waals surface area contributed by atoms with Crippen molar-refractivity contribution >= 4 is 11.6 Å². The van der Waals surface area contributed by atoms with Gasteiger partial charge in [0.25, 0.3) is 0 Å². The molecule has 0 amide bonds. The molecule has 0 spiro atoms. The first kappa shape index (κ1) is 11.0. The van der Waals surface area contributed by atoms with Gasteiger partial charge < -0.3 is 10.1 Å². The standard InChI is InChI=1S/C11H10ClFN2O/c1-16-9-4-6-14-7-8(9)11(13)5-2-3-10(12)15-11/h2-7,15H,1H3. The summed E-state index contributed by atoms with van der Waals surface area (Å²) in [4.78, 5) is 3.88. The van der Waals surface area contributed by atoms with Gasteiger partial charge in [-0.1, -0.05) is 17.7 Å². The first-order chi connectivity index (χ1) is 7.65. The van der Waals surface area contributed by atoms with Crippen LogP contribution in [0.5, 0.6) is 5.75 Å². The molecule has 2 rings (SSSR count). The van der Waals surface area contributed by atoms with E-state index in [0.717, 1.165) is 0 Å². The zero-order valence-electron chi connectivity index (χ0n) is 8.58. The second-order valence-electron chi connectivity index (χ2n) is 3.29. The Kier molecular flexibility index (Phi) is 2.83. The maximum absolute atomic E-state index is 14.6. The zero-order valence-corrected chi connectivity index (χ0v) is 9.33. The Morgan fingerprint density at radius 3 is 3.06 bits per heavy atom. The van der Waals surface area contributed by atoms with Crippen LogP contribution in [0.15, 0.2) is 41.8 Å². The molecule has 1 aliphatic heterocycles. The number of alkyl halides is 1. The highest BCUT2D eigenvalue weighted by Gasteiger charge is 2.34. The van der Waals surface area contributed by atoms with Gasteiger partial charge in [-0.15, -0.1) is 0 Å². The largest absolute Gasteiger partial charge is 0.496 e. The number of halogens is 2. The van der Waals surface area contributed by atoms with Gasteiger partial charge in [0.2, 0.25) is 5.79 Å². The third-order valence-electron chi connectivity index (χ3n) is 2.26. The van der Waals surface area contributed by atoms with Crippen LogP contribution in [0.3, 0.4) is 0 Å². The van der Waals surface area contributed by atoms with Crippen LogP contribution in [0, 0.1) is 0 Å². The van der Waals surface area contributed by atoms with E-state index in [9.17, 15) is 4.39 Å². The molecule has 0 saturated carbocycles. The number of dihydropyridines is 1. The van der Waals surface area contributed by atoms with Crippen molar-refractivity contribution < 1.29 is 9.13 Å². The van der Waals surface area contributed by atoms with Crippen molar-refractivity contribution in [1.29, 1.82) is 0 Å². The van der Waals surface area contributed by atoms with Gasteiger partial charge in [-0.05, 0) is 18.2 Å². The molecular weight excluding hydrogens is 231 g/mol. The maximum Gasteiger partial charge on any atom is 0.231 e. The average Bonchev–Trinajstić information content (AvgIpc) is 2.29. The molecule has 1 aromatic heterocycles. The van der Waals surface area contributed by atoms with Crippen LogP contribution >= 0.6 is 11.6 Å². The Hall–Kier alpha value is -1.55. The lowest BCUT2D eigenvalue weighted by Gasteiger charge is -2.27. The molecule has 0 aliphatic carbocycles. The number of hydrogen-bond donors (Lipinski definition) is 1. The second kappa shape index (κ2) is 4.14. The first-order valence-corrected chi connectivity index (χ1v) is 5.04. The molecule has 16 heavy (non-hydrogen) atoms. The van der Waals surface area contributed by atoms with E-state index in [1.807, 2.05) is 0 Å². The number of allylic oxidation sites excluding steroid dienone is 2. The van der Waals surface area contributed by atoms with Gasteiger partial charge in [0.15, 0.2) is 0 Å². The molecule has 0 saturated heterocycles. The number of hydrogen-bond acceptors (Lipinski definition) is 3. The van der Waals surface area contributed by atoms with Crippen molar-refractivity contribution in [3.05, 3.63) is 47.4 Å². The fraction of sp³-hybridized carbons (Fsp3) is 0.182. The monoisotopic (exact) mass is 240 g/mol. The van der Waals surface area contributed by atoms with Gasteiger partial charge in [-0.3, -0.25) is 4.98 Å². The first-order valence-electron chi connectivity index (χ1n) is 4.66. The molecule has 0 bridgehead atoms. The van der Waals surface area contributed by atoms with Gasteiger partial charge >= 0.3 is 0 Å². The fourth-order valence-electron chi connectivity index (χ4n) is 1.51. The minimum Gasteiger partial charge on any atom is -0.496 e.